The quantitative estimate of drug-likeness (QED) is 0.517. The number of nitrogens with zero attached hydrogens (tertiary/aromatic N) is 1. The highest BCUT2D eigenvalue weighted by Gasteiger charge is 2.33. The van der Waals surface area contributed by atoms with Crippen LogP contribution in [0.15, 0.2) is 42.0 Å². The minimum absolute atomic E-state index is 0.105. The molecular formula is C27H33FN4O5. The smallest absolute Gasteiger partial charge is 0.414 e. The van der Waals surface area contributed by atoms with Gasteiger partial charge in [0.2, 0.25) is 5.91 Å². The summed E-state index contributed by atoms with van der Waals surface area (Å²) in [5.41, 5.74) is 0.706. The molecule has 2 fully saturated rings. The van der Waals surface area contributed by atoms with Crippen LogP contribution in [0.2, 0.25) is 0 Å². The van der Waals surface area contributed by atoms with E-state index in [1.165, 1.54) is 36.5 Å². The lowest BCUT2D eigenvalue weighted by Gasteiger charge is -2.23. The number of rotatable bonds is 7. The van der Waals surface area contributed by atoms with Crippen LogP contribution in [0, 0.1) is 11.7 Å². The summed E-state index contributed by atoms with van der Waals surface area (Å²) in [4.78, 5) is 50.4. The third-order valence-electron chi connectivity index (χ3n) is 6.94. The van der Waals surface area contributed by atoms with E-state index in [4.69, 9.17) is 4.74 Å². The van der Waals surface area contributed by atoms with Crippen molar-refractivity contribution >= 4 is 35.1 Å². The Hall–Kier alpha value is -3.69. The van der Waals surface area contributed by atoms with Crippen LogP contribution in [0.1, 0.15) is 46.0 Å². The summed E-state index contributed by atoms with van der Waals surface area (Å²) >= 11 is 0. The lowest BCUT2D eigenvalue weighted by atomic mass is 9.95. The average molecular weight is 513 g/mol. The van der Waals surface area contributed by atoms with Crippen molar-refractivity contribution in [1.29, 1.82) is 0 Å². The van der Waals surface area contributed by atoms with Gasteiger partial charge in [0.05, 0.1) is 30.5 Å². The molecule has 10 heteroatoms. The summed E-state index contributed by atoms with van der Waals surface area (Å²) in [7, 11) is 0. The molecule has 1 heterocycles. The number of halogens is 1. The van der Waals surface area contributed by atoms with Gasteiger partial charge in [-0.25, -0.2) is 9.18 Å². The number of ketones is 1. The fourth-order valence-corrected chi connectivity index (χ4v) is 4.83. The highest BCUT2D eigenvalue weighted by molar-refractivity contribution is 6.07. The predicted octanol–water partition coefficient (Wildman–Crippen LogP) is 3.22. The van der Waals surface area contributed by atoms with Gasteiger partial charge < -0.3 is 20.7 Å². The molecule has 1 aliphatic heterocycles. The van der Waals surface area contributed by atoms with Crippen LogP contribution in [0.4, 0.5) is 20.6 Å². The SMILES string of the molecule is CC(=O)NC[C@H]1CN(c2ccc(NC3C(=O)C=C(C(=O)NC4CCCCC4)C=CC3C)c(F)c2)C(=O)O1. The summed E-state index contributed by atoms with van der Waals surface area (Å²) in [6, 6.07) is 3.59. The van der Waals surface area contributed by atoms with Crippen LogP contribution in [0.5, 0.6) is 0 Å². The minimum atomic E-state index is -0.768. The molecule has 37 heavy (non-hydrogen) atoms. The first-order valence-corrected chi connectivity index (χ1v) is 12.7. The number of ether oxygens (including phenoxy) is 1. The second kappa shape index (κ2) is 11.6. The summed E-state index contributed by atoms with van der Waals surface area (Å²) < 4.78 is 20.3. The largest absolute Gasteiger partial charge is 0.442 e. The molecule has 3 aliphatic rings. The Morgan fingerprint density at radius 3 is 2.62 bits per heavy atom. The third kappa shape index (κ3) is 6.55. The molecule has 9 nitrogen and oxygen atoms in total. The molecule has 3 atom stereocenters. The molecule has 0 radical (unpaired) electrons. The molecule has 1 aromatic rings. The van der Waals surface area contributed by atoms with Crippen molar-refractivity contribution in [2.75, 3.05) is 23.3 Å². The van der Waals surface area contributed by atoms with E-state index in [1.807, 2.05) is 6.92 Å². The van der Waals surface area contributed by atoms with Crippen molar-refractivity contribution in [2.45, 2.75) is 64.1 Å². The zero-order valence-corrected chi connectivity index (χ0v) is 21.1. The van der Waals surface area contributed by atoms with Gasteiger partial charge in [-0.15, -0.1) is 0 Å². The van der Waals surface area contributed by atoms with Crippen molar-refractivity contribution in [3.05, 3.63) is 47.8 Å². The Kier molecular flexibility index (Phi) is 8.25. The lowest BCUT2D eigenvalue weighted by molar-refractivity contribution is -0.119. The normalized spacial score (nSPS) is 24.2. The first kappa shape index (κ1) is 26.4. The molecule has 0 bridgehead atoms. The van der Waals surface area contributed by atoms with Gasteiger partial charge in [0.15, 0.2) is 5.78 Å². The Labute approximate surface area is 215 Å². The molecule has 1 saturated carbocycles. The lowest BCUT2D eigenvalue weighted by Crippen LogP contribution is -2.37. The summed E-state index contributed by atoms with van der Waals surface area (Å²) in [5, 5.41) is 8.59. The number of cyclic esters (lactones) is 1. The highest BCUT2D eigenvalue weighted by atomic mass is 19.1. The van der Waals surface area contributed by atoms with E-state index in [0.29, 0.717) is 11.3 Å². The van der Waals surface area contributed by atoms with E-state index in [2.05, 4.69) is 16.0 Å². The van der Waals surface area contributed by atoms with Crippen LogP contribution in [-0.4, -0.2) is 55.0 Å². The Bertz CT molecular complexity index is 1130. The fraction of sp³-hybridized carbons (Fsp3) is 0.481. The maximum Gasteiger partial charge on any atom is 0.414 e. The zero-order chi connectivity index (χ0) is 26.5. The summed E-state index contributed by atoms with van der Waals surface area (Å²) in [6.45, 7) is 3.53. The van der Waals surface area contributed by atoms with Crippen molar-refractivity contribution in [2.24, 2.45) is 5.92 Å². The van der Waals surface area contributed by atoms with E-state index in [9.17, 15) is 19.2 Å². The van der Waals surface area contributed by atoms with Crippen LogP contribution in [0.3, 0.4) is 0 Å². The van der Waals surface area contributed by atoms with Gasteiger partial charge in [0, 0.05) is 24.5 Å². The standard InChI is InChI=1S/C27H33FN4O5/c1-16-8-9-18(26(35)30-19-6-4-3-5-7-19)12-24(34)25(16)31-23-11-10-20(13-22(23)28)32-15-21(37-27(32)36)14-29-17(2)33/h8-13,16,19,21,25,31H,3-7,14-15H2,1-2H3,(H,29,33)(H,30,35)/t16?,21-,25?/m0/s1. The number of anilines is 2. The highest BCUT2D eigenvalue weighted by Crippen LogP contribution is 2.28. The summed E-state index contributed by atoms with van der Waals surface area (Å²) in [5.74, 6) is -1.76. The molecule has 3 amide bonds. The van der Waals surface area contributed by atoms with Gasteiger partial charge in [-0.05, 0) is 37.1 Å². The molecule has 2 aliphatic carbocycles. The van der Waals surface area contributed by atoms with Gasteiger partial charge in [-0.3, -0.25) is 19.3 Å². The molecule has 3 N–H and O–H groups in total. The van der Waals surface area contributed by atoms with Crippen molar-refractivity contribution in [3.8, 4) is 0 Å². The average Bonchev–Trinajstić information content (AvgIpc) is 3.18. The Morgan fingerprint density at radius 2 is 1.92 bits per heavy atom. The number of amides is 3. The Balaban J connectivity index is 1.41. The summed E-state index contributed by atoms with van der Waals surface area (Å²) in [6.07, 6.45) is 8.81. The third-order valence-corrected chi connectivity index (χ3v) is 6.94. The van der Waals surface area contributed by atoms with E-state index in [1.54, 1.807) is 18.2 Å². The molecule has 2 unspecified atom stereocenters. The monoisotopic (exact) mass is 512 g/mol. The number of carbonyl (C=O) groups is 4. The number of nitrogens with one attached hydrogen (secondary N) is 3. The van der Waals surface area contributed by atoms with Crippen LogP contribution in [0.25, 0.3) is 0 Å². The minimum Gasteiger partial charge on any atom is -0.442 e. The van der Waals surface area contributed by atoms with Gasteiger partial charge in [0.25, 0.3) is 5.91 Å². The van der Waals surface area contributed by atoms with Gasteiger partial charge in [0.1, 0.15) is 11.9 Å². The molecule has 0 spiro atoms. The topological polar surface area (TPSA) is 117 Å². The zero-order valence-electron chi connectivity index (χ0n) is 21.1. The number of hydrogen-bond donors (Lipinski definition) is 3. The first-order valence-electron chi connectivity index (χ1n) is 12.7. The first-order chi connectivity index (χ1) is 17.7. The number of carbonyl (C=O) groups excluding carboxylic acids is 4. The van der Waals surface area contributed by atoms with E-state index >= 15 is 4.39 Å². The van der Waals surface area contributed by atoms with Crippen LogP contribution < -0.4 is 20.9 Å². The van der Waals surface area contributed by atoms with Gasteiger partial charge in [-0.2, -0.15) is 0 Å². The molecule has 0 aromatic heterocycles. The molecule has 198 valence electrons. The maximum absolute atomic E-state index is 15.1. The number of hydrogen-bond acceptors (Lipinski definition) is 6. The maximum atomic E-state index is 15.1. The van der Waals surface area contributed by atoms with Crippen LogP contribution >= 0.6 is 0 Å². The molecular weight excluding hydrogens is 479 g/mol. The fourth-order valence-electron chi connectivity index (χ4n) is 4.83. The number of benzene rings is 1. The molecule has 4 rings (SSSR count). The van der Waals surface area contributed by atoms with E-state index in [-0.39, 0.29) is 48.3 Å². The molecule has 1 aromatic carbocycles. The second-order valence-electron chi connectivity index (χ2n) is 9.87. The molecule has 1 saturated heterocycles. The Morgan fingerprint density at radius 1 is 1.16 bits per heavy atom. The van der Waals surface area contributed by atoms with Gasteiger partial charge in [-0.1, -0.05) is 38.3 Å². The van der Waals surface area contributed by atoms with E-state index in [0.717, 1.165) is 25.7 Å². The van der Waals surface area contributed by atoms with Crippen LogP contribution in [-0.2, 0) is 19.1 Å². The van der Waals surface area contributed by atoms with Crippen molar-refractivity contribution < 1.29 is 28.3 Å². The predicted molar refractivity (Wildman–Crippen MR) is 137 cm³/mol. The van der Waals surface area contributed by atoms with Crippen molar-refractivity contribution in [3.63, 3.8) is 0 Å². The van der Waals surface area contributed by atoms with Crippen molar-refractivity contribution in [1.82, 2.24) is 10.6 Å². The van der Waals surface area contributed by atoms with Gasteiger partial charge >= 0.3 is 6.09 Å². The second-order valence-corrected chi connectivity index (χ2v) is 9.87. The van der Waals surface area contributed by atoms with E-state index < -0.39 is 24.1 Å².